The molecule has 0 aromatic heterocycles. The molecular weight excluding hydrogens is 368 g/mol. The Morgan fingerprint density at radius 3 is 2.03 bits per heavy atom. The third kappa shape index (κ3) is 15.2. The van der Waals surface area contributed by atoms with Crippen LogP contribution in [0.3, 0.4) is 0 Å². The minimum absolute atomic E-state index is 0.363. The first-order valence-corrected chi connectivity index (χ1v) is 13.2. The third-order valence-electron chi connectivity index (χ3n) is 6.73. The van der Waals surface area contributed by atoms with Crippen molar-refractivity contribution < 1.29 is 9.53 Å². The van der Waals surface area contributed by atoms with Crippen molar-refractivity contribution in [1.82, 2.24) is 0 Å². The van der Waals surface area contributed by atoms with E-state index in [-0.39, 0.29) is 0 Å². The lowest BCUT2D eigenvalue weighted by Gasteiger charge is -2.23. The van der Waals surface area contributed by atoms with Gasteiger partial charge in [-0.2, -0.15) is 0 Å². The van der Waals surface area contributed by atoms with E-state index in [2.05, 4.69) is 41.2 Å². The highest BCUT2D eigenvalue weighted by Crippen LogP contribution is 2.32. The highest BCUT2D eigenvalue weighted by atomic mass is 16.5. The highest BCUT2D eigenvalue weighted by molar-refractivity contribution is 5.78. The molecule has 0 aromatic carbocycles. The van der Waals surface area contributed by atoms with Gasteiger partial charge < -0.3 is 4.74 Å². The molecule has 30 heavy (non-hydrogen) atoms. The van der Waals surface area contributed by atoms with E-state index in [9.17, 15) is 4.79 Å². The second-order valence-electron chi connectivity index (χ2n) is 9.70. The topological polar surface area (TPSA) is 26.3 Å². The fourth-order valence-electron chi connectivity index (χ4n) is 4.25. The highest BCUT2D eigenvalue weighted by Gasteiger charge is 2.34. The molecule has 1 aliphatic heterocycles. The molecule has 0 bridgehead atoms. The summed E-state index contributed by atoms with van der Waals surface area (Å²) in [6, 6.07) is 0. The number of hydrogen-bond acceptors (Lipinski definition) is 2. The molecule has 0 aliphatic carbocycles. The zero-order valence-corrected chi connectivity index (χ0v) is 21.2. The molecule has 1 aliphatic rings. The van der Waals surface area contributed by atoms with Crippen molar-refractivity contribution in [3.05, 3.63) is 12.7 Å². The van der Waals surface area contributed by atoms with Gasteiger partial charge in [0.05, 0.1) is 6.10 Å². The third-order valence-corrected chi connectivity index (χ3v) is 6.73. The van der Waals surface area contributed by atoms with Gasteiger partial charge in [-0.3, -0.25) is 4.79 Å². The minimum atomic E-state index is 0.363. The van der Waals surface area contributed by atoms with E-state index in [1.165, 1.54) is 70.6 Å². The second-order valence-corrected chi connectivity index (χ2v) is 9.70. The number of rotatable bonds is 17. The van der Waals surface area contributed by atoms with E-state index in [0.717, 1.165) is 32.3 Å². The molecule has 4 atom stereocenters. The van der Waals surface area contributed by atoms with E-state index in [1.807, 2.05) is 6.08 Å². The number of allylic oxidation sites excluding steroid dienone is 1. The monoisotopic (exact) mass is 422 g/mol. The zero-order chi connectivity index (χ0) is 22.6. The van der Waals surface area contributed by atoms with Crippen LogP contribution in [0.4, 0.5) is 0 Å². The van der Waals surface area contributed by atoms with Gasteiger partial charge in [0.2, 0.25) is 0 Å². The van der Waals surface area contributed by atoms with Crippen LogP contribution in [0, 0.1) is 17.8 Å². The van der Waals surface area contributed by atoms with Crippen LogP contribution in [0.15, 0.2) is 12.7 Å². The molecule has 2 nitrogen and oxygen atoms in total. The number of carbonyl (C=O) groups is 1. The number of carbonyl (C=O) groups excluding carboxylic acids is 1. The maximum atomic E-state index is 11.9. The summed E-state index contributed by atoms with van der Waals surface area (Å²) in [5.74, 6) is 2.26. The molecule has 0 saturated carbocycles. The Bertz CT molecular complexity index is 403. The van der Waals surface area contributed by atoms with Crippen molar-refractivity contribution in [2.24, 2.45) is 17.8 Å². The Kier molecular flexibility index (Phi) is 19.9. The molecular formula is C28H54O2. The minimum Gasteiger partial charge on any atom is -0.377 e. The maximum absolute atomic E-state index is 11.9. The molecule has 178 valence electrons. The Morgan fingerprint density at radius 1 is 0.933 bits per heavy atom. The predicted molar refractivity (Wildman–Crippen MR) is 133 cm³/mol. The van der Waals surface area contributed by atoms with Crippen LogP contribution >= 0.6 is 0 Å². The van der Waals surface area contributed by atoms with Crippen LogP contribution < -0.4 is 0 Å². The van der Waals surface area contributed by atoms with Crippen molar-refractivity contribution in [1.29, 1.82) is 0 Å². The van der Waals surface area contributed by atoms with Gasteiger partial charge in [0.25, 0.3) is 0 Å². The van der Waals surface area contributed by atoms with Gasteiger partial charge in [0.15, 0.2) is 0 Å². The van der Waals surface area contributed by atoms with E-state index in [4.69, 9.17) is 4.74 Å². The van der Waals surface area contributed by atoms with Gasteiger partial charge in [-0.05, 0) is 43.4 Å². The first-order chi connectivity index (χ1) is 14.5. The summed E-state index contributed by atoms with van der Waals surface area (Å²) >= 11 is 0. The van der Waals surface area contributed by atoms with Crippen LogP contribution in [0.25, 0.3) is 0 Å². The first kappa shape index (κ1) is 29.4. The molecule has 1 fully saturated rings. The Hall–Kier alpha value is -0.630. The van der Waals surface area contributed by atoms with Crippen LogP contribution in [-0.2, 0) is 9.53 Å². The van der Waals surface area contributed by atoms with E-state index in [1.54, 1.807) is 0 Å². The molecule has 0 amide bonds. The SMILES string of the molecule is C=CCCCCCCCC.CCCCCCCC(=O)CCC(C)C1OCC(C)C1C. The zero-order valence-electron chi connectivity index (χ0n) is 21.2. The molecule has 0 radical (unpaired) electrons. The summed E-state index contributed by atoms with van der Waals surface area (Å²) in [5.41, 5.74) is 0. The fraction of sp³-hybridized carbons (Fsp3) is 0.893. The van der Waals surface area contributed by atoms with Gasteiger partial charge in [0, 0.05) is 19.4 Å². The average Bonchev–Trinajstić information content (AvgIpc) is 3.08. The largest absolute Gasteiger partial charge is 0.377 e. The van der Waals surface area contributed by atoms with Crippen LogP contribution in [0.2, 0.25) is 0 Å². The normalized spacial score (nSPS) is 21.7. The summed E-state index contributed by atoms with van der Waals surface area (Å²) in [6.45, 7) is 15.9. The second kappa shape index (κ2) is 20.3. The molecule has 0 aromatic rings. The Labute approximate surface area is 189 Å². The quantitative estimate of drug-likeness (QED) is 0.173. The lowest BCUT2D eigenvalue weighted by molar-refractivity contribution is -0.119. The summed E-state index contributed by atoms with van der Waals surface area (Å²) in [5, 5.41) is 0. The van der Waals surface area contributed by atoms with Crippen LogP contribution in [0.1, 0.15) is 131 Å². The van der Waals surface area contributed by atoms with Crippen LogP contribution in [-0.4, -0.2) is 18.5 Å². The number of unbranched alkanes of at least 4 members (excludes halogenated alkanes) is 10. The molecule has 2 heteroatoms. The number of ketones is 1. The van der Waals surface area contributed by atoms with E-state index < -0.39 is 0 Å². The average molecular weight is 423 g/mol. The van der Waals surface area contributed by atoms with E-state index >= 15 is 0 Å². The van der Waals surface area contributed by atoms with Gasteiger partial charge in [0.1, 0.15) is 5.78 Å². The van der Waals surface area contributed by atoms with Crippen molar-refractivity contribution in [3.8, 4) is 0 Å². The van der Waals surface area contributed by atoms with Gasteiger partial charge in [-0.25, -0.2) is 0 Å². The standard InChI is InChI=1S/C18H34O2.C10H20/c1-5-6-7-8-9-10-17(19)12-11-14(2)18-16(4)15(3)13-20-18;1-3-5-7-9-10-8-6-4-2/h14-16,18H,5-13H2,1-4H3;3H,1,4-10H2,2H3. The molecule has 1 saturated heterocycles. The molecule has 0 N–H and O–H groups in total. The molecule has 4 unspecified atom stereocenters. The number of hydrogen-bond donors (Lipinski definition) is 0. The number of ether oxygens (including phenoxy) is 1. The maximum Gasteiger partial charge on any atom is 0.132 e. The summed E-state index contributed by atoms with van der Waals surface area (Å²) < 4.78 is 5.89. The molecule has 0 spiro atoms. The van der Waals surface area contributed by atoms with Crippen molar-refractivity contribution in [2.75, 3.05) is 6.61 Å². The van der Waals surface area contributed by atoms with Crippen molar-refractivity contribution in [2.45, 2.75) is 137 Å². The van der Waals surface area contributed by atoms with E-state index in [0.29, 0.717) is 29.6 Å². The van der Waals surface area contributed by atoms with Gasteiger partial charge >= 0.3 is 0 Å². The smallest absolute Gasteiger partial charge is 0.132 e. The molecule has 1 heterocycles. The lowest BCUT2D eigenvalue weighted by atomic mass is 9.85. The summed E-state index contributed by atoms with van der Waals surface area (Å²) in [6.07, 6.45) is 20.6. The van der Waals surface area contributed by atoms with Gasteiger partial charge in [-0.15, -0.1) is 6.58 Å². The van der Waals surface area contributed by atoms with Crippen molar-refractivity contribution >= 4 is 5.78 Å². The Balaban J connectivity index is 0.000000710. The van der Waals surface area contributed by atoms with Gasteiger partial charge in [-0.1, -0.05) is 98.5 Å². The Morgan fingerprint density at radius 2 is 1.50 bits per heavy atom. The molecule has 1 rings (SSSR count). The summed E-state index contributed by atoms with van der Waals surface area (Å²) in [4.78, 5) is 11.9. The van der Waals surface area contributed by atoms with Crippen molar-refractivity contribution in [3.63, 3.8) is 0 Å². The van der Waals surface area contributed by atoms with Crippen LogP contribution in [0.5, 0.6) is 0 Å². The first-order valence-electron chi connectivity index (χ1n) is 13.2. The fourth-order valence-corrected chi connectivity index (χ4v) is 4.25. The number of Topliss-reactive ketones (excluding diaryl/α,β-unsaturated/α-hetero) is 1. The lowest BCUT2D eigenvalue weighted by Crippen LogP contribution is -2.24. The summed E-state index contributed by atoms with van der Waals surface area (Å²) in [7, 11) is 0. The predicted octanol–water partition coefficient (Wildman–Crippen LogP) is 8.93.